The summed E-state index contributed by atoms with van der Waals surface area (Å²) in [4.78, 5) is 24.3. The third-order valence-electron chi connectivity index (χ3n) is 8.58. The molecule has 3 rings (SSSR count). The highest BCUT2D eigenvalue weighted by Crippen LogP contribution is 2.66. The number of fused-ring (bicyclic) bond motifs is 2. The lowest BCUT2D eigenvalue weighted by atomic mass is 9.46. The average Bonchev–Trinajstić information content (AvgIpc) is 3.03. The monoisotopic (exact) mass is 434 g/mol. The van der Waals surface area contributed by atoms with Crippen molar-refractivity contribution in [2.45, 2.75) is 104 Å². The summed E-state index contributed by atoms with van der Waals surface area (Å²) in [6.45, 7) is 13.5. The van der Waals surface area contributed by atoms with E-state index in [9.17, 15) is 9.59 Å². The highest BCUT2D eigenvalue weighted by molar-refractivity contribution is 5.70. The fourth-order valence-corrected chi connectivity index (χ4v) is 6.87. The van der Waals surface area contributed by atoms with Crippen LogP contribution in [-0.4, -0.2) is 36.9 Å². The molecule has 3 aliphatic rings. The standard InChI is InChI=1S/C26H42O5/c1-18(2)15-21(27)30-17-23(4)11-8-12-25(6)20(23)10-9-19(3)26(25)14-13-24(5,31-26)16-22(28)29-7/h9,18,20H,8,10-17H2,1-7H3. The van der Waals surface area contributed by atoms with E-state index in [4.69, 9.17) is 14.2 Å². The molecule has 5 atom stereocenters. The number of ether oxygens (including phenoxy) is 3. The van der Waals surface area contributed by atoms with Gasteiger partial charge in [-0.2, -0.15) is 0 Å². The minimum Gasteiger partial charge on any atom is -0.469 e. The Kier molecular flexibility index (Phi) is 6.68. The van der Waals surface area contributed by atoms with Crippen LogP contribution in [0.1, 0.15) is 92.9 Å². The first-order chi connectivity index (χ1) is 14.4. The molecule has 2 fully saturated rings. The lowest BCUT2D eigenvalue weighted by Crippen LogP contribution is -2.60. The first-order valence-electron chi connectivity index (χ1n) is 12.0. The maximum atomic E-state index is 12.3. The Morgan fingerprint density at radius 3 is 2.48 bits per heavy atom. The minimum absolute atomic E-state index is 0.0584. The Labute approximate surface area is 188 Å². The fourth-order valence-electron chi connectivity index (χ4n) is 6.87. The van der Waals surface area contributed by atoms with Gasteiger partial charge in [0.15, 0.2) is 0 Å². The molecule has 0 bridgehead atoms. The fraction of sp³-hybridized carbons (Fsp3) is 0.846. The Morgan fingerprint density at radius 2 is 1.84 bits per heavy atom. The lowest BCUT2D eigenvalue weighted by Gasteiger charge is -2.61. The topological polar surface area (TPSA) is 61.8 Å². The van der Waals surface area contributed by atoms with Crippen molar-refractivity contribution >= 4 is 11.9 Å². The van der Waals surface area contributed by atoms with E-state index < -0.39 is 5.60 Å². The summed E-state index contributed by atoms with van der Waals surface area (Å²) in [5.41, 5.74) is 0.277. The number of carbonyl (C=O) groups is 2. The lowest BCUT2D eigenvalue weighted by molar-refractivity contribution is -0.202. The van der Waals surface area contributed by atoms with Crippen molar-refractivity contribution in [3.63, 3.8) is 0 Å². The molecule has 1 aliphatic heterocycles. The zero-order valence-corrected chi connectivity index (χ0v) is 20.6. The van der Waals surface area contributed by atoms with Crippen LogP contribution < -0.4 is 0 Å². The molecule has 1 spiro atoms. The summed E-state index contributed by atoms with van der Waals surface area (Å²) in [6.07, 6.45) is 9.08. The molecule has 176 valence electrons. The molecule has 0 aromatic rings. The first-order valence-corrected chi connectivity index (χ1v) is 12.0. The van der Waals surface area contributed by atoms with Crippen LogP contribution >= 0.6 is 0 Å². The third kappa shape index (κ3) is 4.31. The maximum absolute atomic E-state index is 12.3. The molecule has 0 aromatic heterocycles. The summed E-state index contributed by atoms with van der Waals surface area (Å²) >= 11 is 0. The van der Waals surface area contributed by atoms with Crippen LogP contribution in [-0.2, 0) is 23.8 Å². The number of esters is 2. The zero-order valence-electron chi connectivity index (χ0n) is 20.6. The van der Waals surface area contributed by atoms with Gasteiger partial charge in [-0.05, 0) is 63.4 Å². The molecule has 31 heavy (non-hydrogen) atoms. The van der Waals surface area contributed by atoms with E-state index in [1.807, 2.05) is 13.8 Å². The van der Waals surface area contributed by atoms with Crippen molar-refractivity contribution in [2.24, 2.45) is 22.7 Å². The Hall–Kier alpha value is -1.36. The van der Waals surface area contributed by atoms with Gasteiger partial charge in [0.05, 0.1) is 31.3 Å². The molecule has 5 heteroatoms. The van der Waals surface area contributed by atoms with E-state index in [0.717, 1.165) is 38.5 Å². The van der Waals surface area contributed by atoms with Gasteiger partial charge in [0.2, 0.25) is 0 Å². The molecule has 5 unspecified atom stereocenters. The maximum Gasteiger partial charge on any atom is 0.308 e. The van der Waals surface area contributed by atoms with E-state index in [1.165, 1.54) is 12.7 Å². The van der Waals surface area contributed by atoms with Gasteiger partial charge < -0.3 is 14.2 Å². The second kappa shape index (κ2) is 8.53. The van der Waals surface area contributed by atoms with Gasteiger partial charge in [0.25, 0.3) is 0 Å². The van der Waals surface area contributed by atoms with Crippen LogP contribution in [0.15, 0.2) is 11.6 Å². The molecule has 0 N–H and O–H groups in total. The molecule has 1 saturated heterocycles. The third-order valence-corrected chi connectivity index (χ3v) is 8.58. The van der Waals surface area contributed by atoms with Crippen LogP contribution in [0.3, 0.4) is 0 Å². The van der Waals surface area contributed by atoms with Crippen molar-refractivity contribution in [3.8, 4) is 0 Å². The van der Waals surface area contributed by atoms with Crippen molar-refractivity contribution in [2.75, 3.05) is 13.7 Å². The Morgan fingerprint density at radius 1 is 1.13 bits per heavy atom. The number of allylic oxidation sites excluding steroid dienone is 1. The van der Waals surface area contributed by atoms with E-state index in [1.54, 1.807) is 0 Å². The highest BCUT2D eigenvalue weighted by atomic mass is 16.5. The van der Waals surface area contributed by atoms with Gasteiger partial charge in [-0.3, -0.25) is 9.59 Å². The zero-order chi connectivity index (χ0) is 23.1. The summed E-state index contributed by atoms with van der Waals surface area (Å²) in [7, 11) is 1.44. The molecular weight excluding hydrogens is 392 g/mol. The molecular formula is C26H42O5. The van der Waals surface area contributed by atoms with Crippen molar-refractivity contribution in [1.82, 2.24) is 0 Å². The molecule has 0 radical (unpaired) electrons. The smallest absolute Gasteiger partial charge is 0.308 e. The van der Waals surface area contributed by atoms with E-state index >= 15 is 0 Å². The summed E-state index contributed by atoms with van der Waals surface area (Å²) in [5.74, 6) is 0.359. The second-order valence-electron chi connectivity index (χ2n) is 11.5. The average molecular weight is 435 g/mol. The largest absolute Gasteiger partial charge is 0.469 e. The minimum atomic E-state index is -0.509. The number of methoxy groups -OCH3 is 1. The van der Waals surface area contributed by atoms with Crippen LogP contribution in [0, 0.1) is 22.7 Å². The van der Waals surface area contributed by atoms with E-state index in [2.05, 4.69) is 33.8 Å². The van der Waals surface area contributed by atoms with Crippen molar-refractivity contribution in [3.05, 3.63) is 11.6 Å². The number of hydrogen-bond acceptors (Lipinski definition) is 5. The second-order valence-corrected chi connectivity index (χ2v) is 11.5. The van der Waals surface area contributed by atoms with E-state index in [-0.39, 0.29) is 34.8 Å². The van der Waals surface area contributed by atoms with Crippen LogP contribution in [0.5, 0.6) is 0 Å². The van der Waals surface area contributed by atoms with Gasteiger partial charge in [-0.15, -0.1) is 0 Å². The van der Waals surface area contributed by atoms with Gasteiger partial charge >= 0.3 is 11.9 Å². The number of hydrogen-bond donors (Lipinski definition) is 0. The Bertz CT molecular complexity index is 742. The predicted octanol–water partition coefficient (Wildman–Crippen LogP) is 5.61. The van der Waals surface area contributed by atoms with E-state index in [0.29, 0.717) is 24.9 Å². The summed E-state index contributed by atoms with van der Waals surface area (Å²) in [5, 5.41) is 0. The van der Waals surface area contributed by atoms with Crippen LogP contribution in [0.4, 0.5) is 0 Å². The molecule has 1 saturated carbocycles. The Balaban J connectivity index is 1.87. The summed E-state index contributed by atoms with van der Waals surface area (Å²) in [6, 6.07) is 0. The van der Waals surface area contributed by atoms with Crippen molar-refractivity contribution < 1.29 is 23.8 Å². The quantitative estimate of drug-likeness (QED) is 0.402. The van der Waals surface area contributed by atoms with Gasteiger partial charge in [0, 0.05) is 17.3 Å². The van der Waals surface area contributed by atoms with Gasteiger partial charge in [0.1, 0.15) is 0 Å². The normalized spacial score (nSPS) is 39.9. The molecule has 2 aliphatic carbocycles. The van der Waals surface area contributed by atoms with Crippen molar-refractivity contribution in [1.29, 1.82) is 0 Å². The SMILES string of the molecule is COC(=O)CC1(C)CCC2(O1)C(C)=CCC1C(C)(COC(=O)CC(C)C)CCCC12C. The number of carbonyl (C=O) groups excluding carboxylic acids is 2. The first kappa shape index (κ1) is 24.3. The van der Waals surface area contributed by atoms with Crippen LogP contribution in [0.25, 0.3) is 0 Å². The molecule has 1 heterocycles. The molecule has 0 amide bonds. The number of rotatable bonds is 6. The summed E-state index contributed by atoms with van der Waals surface area (Å²) < 4.78 is 17.7. The predicted molar refractivity (Wildman–Crippen MR) is 120 cm³/mol. The van der Waals surface area contributed by atoms with Gasteiger partial charge in [-0.25, -0.2) is 0 Å². The molecule has 5 nitrogen and oxygen atoms in total. The van der Waals surface area contributed by atoms with Crippen LogP contribution in [0.2, 0.25) is 0 Å². The highest BCUT2D eigenvalue weighted by Gasteiger charge is 2.65. The van der Waals surface area contributed by atoms with Gasteiger partial charge in [-0.1, -0.05) is 40.2 Å². The molecule has 0 aromatic carbocycles.